The van der Waals surface area contributed by atoms with Crippen LogP contribution in [0.4, 0.5) is 5.69 Å². The summed E-state index contributed by atoms with van der Waals surface area (Å²) >= 11 is 0. The Morgan fingerprint density at radius 2 is 2.08 bits per heavy atom. The minimum Gasteiger partial charge on any atom is -0.360 e. The van der Waals surface area contributed by atoms with Crippen LogP contribution in [0, 0.1) is 26.7 Å². The lowest BCUT2D eigenvalue weighted by Gasteiger charge is -2.31. The number of anilines is 1. The smallest absolute Gasteiger partial charge is 0.248 e. The van der Waals surface area contributed by atoms with Crippen molar-refractivity contribution in [2.75, 3.05) is 18.4 Å². The van der Waals surface area contributed by atoms with Crippen molar-refractivity contribution < 1.29 is 17.7 Å². The van der Waals surface area contributed by atoms with Crippen LogP contribution in [0.2, 0.25) is 0 Å². The molecular weight excluding hydrogens is 354 g/mol. The van der Waals surface area contributed by atoms with Crippen molar-refractivity contribution in [3.63, 3.8) is 0 Å². The number of aryl methyl sites for hydroxylation is 3. The topological polar surface area (TPSA) is 92.5 Å². The van der Waals surface area contributed by atoms with E-state index < -0.39 is 10.0 Å². The zero-order valence-corrected chi connectivity index (χ0v) is 16.0. The van der Waals surface area contributed by atoms with Crippen LogP contribution in [0.25, 0.3) is 0 Å². The van der Waals surface area contributed by atoms with Gasteiger partial charge in [-0.2, -0.15) is 4.31 Å². The molecule has 0 bridgehead atoms. The van der Waals surface area contributed by atoms with Crippen molar-refractivity contribution in [1.29, 1.82) is 0 Å². The van der Waals surface area contributed by atoms with E-state index in [0.717, 1.165) is 11.3 Å². The molecule has 1 amide bonds. The number of piperidine rings is 1. The van der Waals surface area contributed by atoms with Crippen molar-refractivity contribution >= 4 is 21.6 Å². The highest BCUT2D eigenvalue weighted by atomic mass is 32.2. The number of benzene rings is 1. The van der Waals surface area contributed by atoms with Gasteiger partial charge in [0.15, 0.2) is 5.76 Å². The second kappa shape index (κ2) is 7.20. The fraction of sp³-hybridized carbons (Fsp3) is 0.444. The highest BCUT2D eigenvalue weighted by molar-refractivity contribution is 7.89. The molecule has 26 heavy (non-hydrogen) atoms. The molecule has 2 aromatic rings. The molecule has 1 atom stereocenters. The molecule has 1 aromatic heterocycles. The third-order valence-electron chi connectivity index (χ3n) is 4.61. The van der Waals surface area contributed by atoms with Crippen LogP contribution in [0.5, 0.6) is 0 Å². The summed E-state index contributed by atoms with van der Waals surface area (Å²) < 4.78 is 32.3. The summed E-state index contributed by atoms with van der Waals surface area (Å²) in [4.78, 5) is 12.7. The molecule has 2 heterocycles. The van der Waals surface area contributed by atoms with Gasteiger partial charge in [-0.1, -0.05) is 17.3 Å². The van der Waals surface area contributed by atoms with Crippen LogP contribution in [0.3, 0.4) is 0 Å². The second-order valence-electron chi connectivity index (χ2n) is 6.71. The van der Waals surface area contributed by atoms with Crippen molar-refractivity contribution in [3.05, 3.63) is 41.3 Å². The molecule has 0 saturated carbocycles. The molecule has 8 heteroatoms. The lowest BCUT2D eigenvalue weighted by Crippen LogP contribution is -2.43. The lowest BCUT2D eigenvalue weighted by atomic mass is 9.98. The molecule has 1 fully saturated rings. The Morgan fingerprint density at radius 3 is 2.73 bits per heavy atom. The van der Waals surface area contributed by atoms with E-state index in [1.165, 1.54) is 4.31 Å². The number of hydrogen-bond acceptors (Lipinski definition) is 5. The maximum atomic E-state index is 13.0. The summed E-state index contributed by atoms with van der Waals surface area (Å²) in [5.74, 6) is -0.275. The normalized spacial score (nSPS) is 18.7. The van der Waals surface area contributed by atoms with E-state index in [2.05, 4.69) is 10.5 Å². The Bertz CT molecular complexity index is 901. The molecule has 1 saturated heterocycles. The third-order valence-corrected chi connectivity index (χ3v) is 6.72. The zero-order valence-electron chi connectivity index (χ0n) is 15.2. The lowest BCUT2D eigenvalue weighted by molar-refractivity contribution is -0.120. The number of carbonyl (C=O) groups excluding carboxylic acids is 1. The molecule has 7 nitrogen and oxygen atoms in total. The molecule has 0 aliphatic carbocycles. The molecule has 0 radical (unpaired) electrons. The first-order valence-electron chi connectivity index (χ1n) is 8.59. The van der Waals surface area contributed by atoms with Crippen LogP contribution in [0.15, 0.2) is 33.7 Å². The summed E-state index contributed by atoms with van der Waals surface area (Å²) in [6, 6.07) is 7.54. The summed E-state index contributed by atoms with van der Waals surface area (Å²) in [6.45, 7) is 5.69. The van der Waals surface area contributed by atoms with Crippen LogP contribution in [0.1, 0.15) is 29.9 Å². The Kier molecular flexibility index (Phi) is 5.15. The summed E-state index contributed by atoms with van der Waals surface area (Å²) in [7, 11) is -3.73. The molecule has 1 unspecified atom stereocenters. The minimum absolute atomic E-state index is 0.109. The van der Waals surface area contributed by atoms with E-state index in [4.69, 9.17) is 4.52 Å². The van der Waals surface area contributed by atoms with E-state index in [1.54, 1.807) is 13.8 Å². The van der Waals surface area contributed by atoms with Gasteiger partial charge in [0, 0.05) is 18.8 Å². The van der Waals surface area contributed by atoms with E-state index in [1.807, 2.05) is 31.2 Å². The molecular formula is C18H23N3O4S. The van der Waals surface area contributed by atoms with Gasteiger partial charge in [-0.05, 0) is 51.3 Å². The van der Waals surface area contributed by atoms with Gasteiger partial charge in [-0.25, -0.2) is 8.42 Å². The molecule has 1 aromatic carbocycles. The number of aromatic nitrogens is 1. The Labute approximate surface area is 153 Å². The molecule has 140 valence electrons. The first kappa shape index (κ1) is 18.6. The number of amides is 1. The zero-order chi connectivity index (χ0) is 18.9. The standard InChI is InChI=1S/C18H23N3O4S/c1-12-6-4-8-16(10-12)19-18(22)15-7-5-9-21(11-15)26(23,24)17-13(2)20-25-14(17)3/h4,6,8,10,15H,5,7,9,11H2,1-3H3,(H,19,22). The van der Waals surface area contributed by atoms with Gasteiger partial charge in [0.05, 0.1) is 5.92 Å². The average Bonchev–Trinajstić information content (AvgIpc) is 2.94. The third kappa shape index (κ3) is 3.66. The SMILES string of the molecule is Cc1cccc(NC(=O)C2CCCN(S(=O)(=O)c3c(C)noc3C)C2)c1. The van der Waals surface area contributed by atoms with Gasteiger partial charge in [0.25, 0.3) is 0 Å². The first-order chi connectivity index (χ1) is 12.3. The van der Waals surface area contributed by atoms with Crippen molar-refractivity contribution in [3.8, 4) is 0 Å². The number of nitrogens with one attached hydrogen (secondary N) is 1. The van der Waals surface area contributed by atoms with Gasteiger partial charge in [-0.15, -0.1) is 0 Å². The monoisotopic (exact) mass is 377 g/mol. The number of hydrogen-bond donors (Lipinski definition) is 1. The van der Waals surface area contributed by atoms with Crippen LogP contribution >= 0.6 is 0 Å². The summed E-state index contributed by atoms with van der Waals surface area (Å²) in [6.07, 6.45) is 1.29. The van der Waals surface area contributed by atoms with Gasteiger partial charge < -0.3 is 9.84 Å². The van der Waals surface area contributed by atoms with Gasteiger partial charge in [0.2, 0.25) is 15.9 Å². The number of carbonyl (C=O) groups is 1. The number of nitrogens with zero attached hydrogens (tertiary/aromatic N) is 2. The predicted octanol–water partition coefficient (Wildman–Crippen LogP) is 2.64. The predicted molar refractivity (Wildman–Crippen MR) is 97.3 cm³/mol. The first-order valence-corrected chi connectivity index (χ1v) is 10.0. The van der Waals surface area contributed by atoms with E-state index in [9.17, 15) is 13.2 Å². The van der Waals surface area contributed by atoms with Crippen LogP contribution in [-0.2, 0) is 14.8 Å². The summed E-state index contributed by atoms with van der Waals surface area (Å²) in [5, 5.41) is 6.63. The second-order valence-corrected chi connectivity index (χ2v) is 8.59. The molecule has 3 rings (SSSR count). The van der Waals surface area contributed by atoms with E-state index in [0.29, 0.717) is 25.1 Å². The molecule has 1 N–H and O–H groups in total. The Morgan fingerprint density at radius 1 is 1.31 bits per heavy atom. The van der Waals surface area contributed by atoms with Crippen molar-refractivity contribution in [2.24, 2.45) is 5.92 Å². The highest BCUT2D eigenvalue weighted by Crippen LogP contribution is 2.28. The quantitative estimate of drug-likeness (QED) is 0.884. The van der Waals surface area contributed by atoms with Gasteiger partial charge in [0.1, 0.15) is 10.6 Å². The fourth-order valence-electron chi connectivity index (χ4n) is 3.31. The maximum Gasteiger partial charge on any atom is 0.248 e. The average molecular weight is 377 g/mol. The molecule has 0 spiro atoms. The van der Waals surface area contributed by atoms with Crippen molar-refractivity contribution in [2.45, 2.75) is 38.5 Å². The Hall–Kier alpha value is -2.19. The van der Waals surface area contributed by atoms with Crippen LogP contribution in [-0.4, -0.2) is 36.9 Å². The van der Waals surface area contributed by atoms with E-state index in [-0.39, 0.29) is 29.0 Å². The van der Waals surface area contributed by atoms with Crippen LogP contribution < -0.4 is 5.32 Å². The minimum atomic E-state index is -3.73. The number of rotatable bonds is 4. The van der Waals surface area contributed by atoms with Crippen molar-refractivity contribution in [1.82, 2.24) is 9.46 Å². The maximum absolute atomic E-state index is 13.0. The van der Waals surface area contributed by atoms with E-state index >= 15 is 0 Å². The fourth-order valence-corrected chi connectivity index (χ4v) is 5.13. The molecule has 1 aliphatic heterocycles. The van der Waals surface area contributed by atoms with Gasteiger partial charge in [-0.3, -0.25) is 4.79 Å². The van der Waals surface area contributed by atoms with Gasteiger partial charge >= 0.3 is 0 Å². The number of sulfonamides is 1. The summed E-state index contributed by atoms with van der Waals surface area (Å²) in [5.41, 5.74) is 2.11. The Balaban J connectivity index is 1.76. The molecule has 1 aliphatic rings. The highest BCUT2D eigenvalue weighted by Gasteiger charge is 2.36. The largest absolute Gasteiger partial charge is 0.360 e.